The number of hydrogen-bond donors (Lipinski definition) is 1. The molecule has 0 aliphatic rings. The van der Waals surface area contributed by atoms with E-state index < -0.39 is 0 Å². The van der Waals surface area contributed by atoms with Crippen molar-refractivity contribution in [1.29, 1.82) is 0 Å². The van der Waals surface area contributed by atoms with Gasteiger partial charge in [-0.1, -0.05) is 12.1 Å². The molecule has 0 saturated heterocycles. The fraction of sp³-hybridized carbons (Fsp3) is 0.235. The number of aryl methyl sites for hydroxylation is 2. The predicted octanol–water partition coefficient (Wildman–Crippen LogP) is 2.70. The summed E-state index contributed by atoms with van der Waals surface area (Å²) in [6.07, 6.45) is 1.47. The Morgan fingerprint density at radius 2 is 2.21 bits per heavy atom. The summed E-state index contributed by atoms with van der Waals surface area (Å²) in [6, 6.07) is 7.47. The van der Waals surface area contributed by atoms with E-state index >= 15 is 0 Å². The van der Waals surface area contributed by atoms with Gasteiger partial charge in [0.1, 0.15) is 4.83 Å². The summed E-state index contributed by atoms with van der Waals surface area (Å²) in [5.74, 6) is -0.243. The van der Waals surface area contributed by atoms with Crippen LogP contribution in [-0.2, 0) is 18.4 Å². The summed E-state index contributed by atoms with van der Waals surface area (Å²) in [5, 5.41) is 3.38. The van der Waals surface area contributed by atoms with E-state index in [9.17, 15) is 9.59 Å². The van der Waals surface area contributed by atoms with Gasteiger partial charge in [0.05, 0.1) is 23.2 Å². The first-order valence-corrected chi connectivity index (χ1v) is 8.17. The van der Waals surface area contributed by atoms with Gasteiger partial charge in [0.2, 0.25) is 0 Å². The van der Waals surface area contributed by atoms with Gasteiger partial charge in [-0.25, -0.2) is 4.98 Å². The van der Waals surface area contributed by atoms with Crippen LogP contribution >= 0.6 is 11.3 Å². The smallest absolute Gasteiger partial charge is 0.266 e. The molecule has 1 aromatic carbocycles. The van der Waals surface area contributed by atoms with Crippen LogP contribution in [0.3, 0.4) is 0 Å². The number of fused-ring (bicyclic) bond motifs is 1. The lowest BCUT2D eigenvalue weighted by molar-refractivity contribution is 0.103. The number of rotatable bonds is 4. The Kier molecular flexibility index (Phi) is 4.46. The standard InChI is InChI=1S/C17H17N3O3S/c1-10-13-16(18-9-20(2)17(13)22)24-14(10)15(21)19-12-6-4-5-11(7-12)8-23-3/h4-7,9H,8H2,1-3H3,(H,19,21). The molecule has 3 aromatic rings. The number of ether oxygens (including phenoxy) is 1. The van der Waals surface area contributed by atoms with E-state index in [1.54, 1.807) is 21.1 Å². The Balaban J connectivity index is 1.95. The van der Waals surface area contributed by atoms with Crippen molar-refractivity contribution in [2.75, 3.05) is 12.4 Å². The van der Waals surface area contributed by atoms with Crippen LogP contribution in [0.2, 0.25) is 0 Å². The summed E-state index contributed by atoms with van der Waals surface area (Å²) < 4.78 is 6.51. The van der Waals surface area contributed by atoms with Crippen LogP contribution in [0.15, 0.2) is 35.4 Å². The number of nitrogens with zero attached hydrogens (tertiary/aromatic N) is 2. The first-order chi connectivity index (χ1) is 11.5. The maximum atomic E-state index is 12.6. The molecule has 6 nitrogen and oxygen atoms in total. The molecule has 0 unspecified atom stereocenters. The van der Waals surface area contributed by atoms with Crippen molar-refractivity contribution >= 4 is 33.1 Å². The molecule has 1 N–H and O–H groups in total. The lowest BCUT2D eigenvalue weighted by atomic mass is 10.2. The molecule has 0 radical (unpaired) electrons. The number of carbonyl (C=O) groups is 1. The fourth-order valence-electron chi connectivity index (χ4n) is 2.52. The summed E-state index contributed by atoms with van der Waals surface area (Å²) in [4.78, 5) is 30.2. The second kappa shape index (κ2) is 6.54. The molecule has 2 heterocycles. The van der Waals surface area contributed by atoms with Crippen molar-refractivity contribution in [3.8, 4) is 0 Å². The van der Waals surface area contributed by atoms with E-state index in [1.807, 2.05) is 24.3 Å². The number of methoxy groups -OCH3 is 1. The van der Waals surface area contributed by atoms with Crippen molar-refractivity contribution in [2.45, 2.75) is 13.5 Å². The van der Waals surface area contributed by atoms with Crippen LogP contribution in [0.5, 0.6) is 0 Å². The van der Waals surface area contributed by atoms with Gasteiger partial charge in [0.25, 0.3) is 11.5 Å². The Labute approximate surface area is 142 Å². The molecule has 0 spiro atoms. The van der Waals surface area contributed by atoms with Crippen LogP contribution in [0.4, 0.5) is 5.69 Å². The molecule has 0 fully saturated rings. The molecular weight excluding hydrogens is 326 g/mol. The first-order valence-electron chi connectivity index (χ1n) is 7.35. The Morgan fingerprint density at radius 1 is 1.42 bits per heavy atom. The van der Waals surface area contributed by atoms with Gasteiger partial charge in [-0.15, -0.1) is 11.3 Å². The Hall–Kier alpha value is -2.51. The molecule has 3 rings (SSSR count). The number of thiophene rings is 1. The predicted molar refractivity (Wildman–Crippen MR) is 94.7 cm³/mol. The van der Waals surface area contributed by atoms with Gasteiger partial charge in [0.15, 0.2) is 0 Å². The zero-order valence-corrected chi connectivity index (χ0v) is 14.4. The number of aromatic nitrogens is 2. The number of amides is 1. The van der Waals surface area contributed by atoms with Gasteiger partial charge in [0, 0.05) is 19.8 Å². The quantitative estimate of drug-likeness (QED) is 0.790. The minimum atomic E-state index is -0.243. The van der Waals surface area contributed by atoms with E-state index in [4.69, 9.17) is 4.74 Å². The lowest BCUT2D eigenvalue weighted by Crippen LogP contribution is -2.17. The third-order valence-electron chi connectivity index (χ3n) is 3.71. The second-order valence-electron chi connectivity index (χ2n) is 5.48. The topological polar surface area (TPSA) is 73.2 Å². The third-order valence-corrected chi connectivity index (χ3v) is 4.91. The number of anilines is 1. The largest absolute Gasteiger partial charge is 0.380 e. The summed E-state index contributed by atoms with van der Waals surface area (Å²) in [7, 11) is 3.27. The minimum absolute atomic E-state index is 0.144. The van der Waals surface area contributed by atoms with Crippen molar-refractivity contribution in [3.05, 3.63) is 57.0 Å². The van der Waals surface area contributed by atoms with Crippen molar-refractivity contribution in [3.63, 3.8) is 0 Å². The molecule has 7 heteroatoms. The molecule has 124 valence electrons. The number of hydrogen-bond acceptors (Lipinski definition) is 5. The van der Waals surface area contributed by atoms with Crippen LogP contribution in [0.25, 0.3) is 10.2 Å². The summed E-state index contributed by atoms with van der Waals surface area (Å²) >= 11 is 1.23. The van der Waals surface area contributed by atoms with Crippen molar-refractivity contribution in [1.82, 2.24) is 9.55 Å². The highest BCUT2D eigenvalue weighted by Crippen LogP contribution is 2.27. The Morgan fingerprint density at radius 3 is 2.96 bits per heavy atom. The van der Waals surface area contributed by atoms with Gasteiger partial charge in [-0.2, -0.15) is 0 Å². The lowest BCUT2D eigenvalue weighted by Gasteiger charge is -2.06. The average molecular weight is 343 g/mol. The summed E-state index contributed by atoms with van der Waals surface area (Å²) in [5.41, 5.74) is 2.18. The molecule has 24 heavy (non-hydrogen) atoms. The molecule has 2 aromatic heterocycles. The van der Waals surface area contributed by atoms with E-state index in [1.165, 1.54) is 22.2 Å². The highest BCUT2D eigenvalue weighted by Gasteiger charge is 2.19. The maximum Gasteiger partial charge on any atom is 0.266 e. The molecule has 0 bridgehead atoms. The Bertz CT molecular complexity index is 975. The maximum absolute atomic E-state index is 12.6. The first kappa shape index (κ1) is 16.4. The molecule has 0 atom stereocenters. The number of carbonyl (C=O) groups excluding carboxylic acids is 1. The molecule has 1 amide bonds. The van der Waals surface area contributed by atoms with Gasteiger partial charge < -0.3 is 14.6 Å². The zero-order chi connectivity index (χ0) is 17.3. The molecular formula is C17H17N3O3S. The monoisotopic (exact) mass is 343 g/mol. The minimum Gasteiger partial charge on any atom is -0.380 e. The van der Waals surface area contributed by atoms with Crippen LogP contribution in [0, 0.1) is 6.92 Å². The van der Waals surface area contributed by atoms with Gasteiger partial charge >= 0.3 is 0 Å². The number of benzene rings is 1. The fourth-order valence-corrected chi connectivity index (χ4v) is 3.55. The van der Waals surface area contributed by atoms with E-state index in [0.29, 0.717) is 33.0 Å². The van der Waals surface area contributed by atoms with Crippen LogP contribution < -0.4 is 10.9 Å². The van der Waals surface area contributed by atoms with Crippen molar-refractivity contribution in [2.24, 2.45) is 7.05 Å². The van der Waals surface area contributed by atoms with Crippen molar-refractivity contribution < 1.29 is 9.53 Å². The number of nitrogens with one attached hydrogen (secondary N) is 1. The van der Waals surface area contributed by atoms with E-state index in [-0.39, 0.29) is 11.5 Å². The highest BCUT2D eigenvalue weighted by molar-refractivity contribution is 7.20. The molecule has 0 aliphatic carbocycles. The zero-order valence-electron chi connectivity index (χ0n) is 13.6. The van der Waals surface area contributed by atoms with Gasteiger partial charge in [-0.05, 0) is 30.2 Å². The second-order valence-corrected chi connectivity index (χ2v) is 6.48. The normalized spacial score (nSPS) is 11.0. The van der Waals surface area contributed by atoms with Crippen LogP contribution in [-0.4, -0.2) is 22.6 Å². The average Bonchev–Trinajstić information content (AvgIpc) is 2.89. The molecule has 0 aliphatic heterocycles. The highest BCUT2D eigenvalue weighted by atomic mass is 32.1. The summed E-state index contributed by atoms with van der Waals surface area (Å²) in [6.45, 7) is 2.25. The van der Waals surface area contributed by atoms with E-state index in [0.717, 1.165) is 5.56 Å². The molecule has 0 saturated carbocycles. The van der Waals surface area contributed by atoms with Crippen LogP contribution in [0.1, 0.15) is 20.8 Å². The van der Waals surface area contributed by atoms with E-state index in [2.05, 4.69) is 10.3 Å². The van der Waals surface area contributed by atoms with Gasteiger partial charge in [-0.3, -0.25) is 9.59 Å². The third kappa shape index (κ3) is 2.95. The SMILES string of the molecule is COCc1cccc(NC(=O)c2sc3ncn(C)c(=O)c3c2C)c1.